The molecular weight excluding hydrogens is 308 g/mol. The molecule has 1 fully saturated rings. The Morgan fingerprint density at radius 3 is 3.13 bits per heavy atom. The van der Waals surface area contributed by atoms with Gasteiger partial charge in [-0.2, -0.15) is 0 Å². The Morgan fingerprint density at radius 2 is 2.30 bits per heavy atom. The van der Waals surface area contributed by atoms with Crippen LogP contribution in [0.4, 0.5) is 0 Å². The molecule has 4 rings (SSSR count). The van der Waals surface area contributed by atoms with Gasteiger partial charge in [0.25, 0.3) is 5.91 Å². The van der Waals surface area contributed by atoms with Crippen molar-refractivity contribution in [1.82, 2.24) is 19.9 Å². The van der Waals surface area contributed by atoms with Crippen molar-refractivity contribution in [2.24, 2.45) is 0 Å². The minimum Gasteiger partial charge on any atom is -0.345 e. The maximum absolute atomic E-state index is 12.8. The number of aromatic nitrogens is 3. The van der Waals surface area contributed by atoms with E-state index in [4.69, 9.17) is 0 Å². The molecule has 118 valence electrons. The monoisotopic (exact) mass is 326 g/mol. The van der Waals surface area contributed by atoms with Crippen LogP contribution in [0.25, 0.3) is 11.0 Å². The van der Waals surface area contributed by atoms with Crippen LogP contribution in [-0.4, -0.2) is 38.8 Å². The van der Waals surface area contributed by atoms with Crippen molar-refractivity contribution < 1.29 is 4.79 Å². The molecule has 1 aliphatic rings. The summed E-state index contributed by atoms with van der Waals surface area (Å²) in [4.78, 5) is 27.8. The maximum atomic E-state index is 12.8. The van der Waals surface area contributed by atoms with Crippen molar-refractivity contribution in [2.75, 3.05) is 13.1 Å². The number of hydrogen-bond acceptors (Lipinski definition) is 4. The highest BCUT2D eigenvalue weighted by molar-refractivity contribution is 7.11. The lowest BCUT2D eigenvalue weighted by Gasteiger charge is -2.32. The highest BCUT2D eigenvalue weighted by atomic mass is 32.1. The quantitative estimate of drug-likeness (QED) is 0.785. The lowest BCUT2D eigenvalue weighted by Crippen LogP contribution is -2.39. The Bertz CT molecular complexity index is 853. The number of aryl methyl sites for hydroxylation is 1. The van der Waals surface area contributed by atoms with Gasteiger partial charge in [0.05, 0.1) is 22.4 Å². The van der Waals surface area contributed by atoms with E-state index in [0.29, 0.717) is 5.92 Å². The SMILES string of the molecule is Cc1cnc([C@H]2CCCN(C(=O)c3ccc4nc[nH]c4c3)C2)s1. The molecule has 2 aromatic heterocycles. The topological polar surface area (TPSA) is 61.9 Å². The first-order valence-electron chi connectivity index (χ1n) is 7.85. The summed E-state index contributed by atoms with van der Waals surface area (Å²) < 4.78 is 0. The lowest BCUT2D eigenvalue weighted by atomic mass is 9.98. The van der Waals surface area contributed by atoms with Crippen LogP contribution in [0.3, 0.4) is 0 Å². The van der Waals surface area contributed by atoms with Crippen LogP contribution in [0.2, 0.25) is 0 Å². The van der Waals surface area contributed by atoms with E-state index in [9.17, 15) is 4.79 Å². The van der Waals surface area contributed by atoms with Gasteiger partial charge in [-0.05, 0) is 38.0 Å². The second-order valence-corrected chi connectivity index (χ2v) is 7.30. The standard InChI is InChI=1S/C17H18N4OS/c1-11-8-18-16(23-11)13-3-2-6-21(9-13)17(22)12-4-5-14-15(7-12)20-10-19-14/h4-5,7-8,10,13H,2-3,6,9H2,1H3,(H,19,20)/t13-/m0/s1. The van der Waals surface area contributed by atoms with Crippen molar-refractivity contribution in [2.45, 2.75) is 25.7 Å². The summed E-state index contributed by atoms with van der Waals surface area (Å²) in [7, 11) is 0. The van der Waals surface area contributed by atoms with Crippen molar-refractivity contribution in [1.29, 1.82) is 0 Å². The number of aromatic amines is 1. The summed E-state index contributed by atoms with van der Waals surface area (Å²) in [6, 6.07) is 5.65. The number of rotatable bonds is 2. The van der Waals surface area contributed by atoms with Gasteiger partial charge in [0.15, 0.2) is 0 Å². The largest absolute Gasteiger partial charge is 0.345 e. The van der Waals surface area contributed by atoms with Gasteiger partial charge in [0, 0.05) is 35.6 Å². The molecule has 0 aliphatic carbocycles. The molecule has 3 heterocycles. The lowest BCUT2D eigenvalue weighted by molar-refractivity contribution is 0.0707. The fraction of sp³-hybridized carbons (Fsp3) is 0.353. The Kier molecular flexibility index (Phi) is 3.61. The maximum Gasteiger partial charge on any atom is 0.253 e. The Labute approximate surface area is 138 Å². The van der Waals surface area contributed by atoms with Gasteiger partial charge in [0.1, 0.15) is 0 Å². The van der Waals surface area contributed by atoms with E-state index in [1.54, 1.807) is 17.7 Å². The first-order valence-corrected chi connectivity index (χ1v) is 8.67. The highest BCUT2D eigenvalue weighted by Gasteiger charge is 2.27. The number of likely N-dealkylation sites (tertiary alicyclic amines) is 1. The molecule has 6 heteroatoms. The van der Waals surface area contributed by atoms with E-state index in [1.807, 2.05) is 29.3 Å². The summed E-state index contributed by atoms with van der Waals surface area (Å²) >= 11 is 1.74. The van der Waals surface area contributed by atoms with E-state index in [1.165, 1.54) is 4.88 Å². The fourth-order valence-electron chi connectivity index (χ4n) is 3.18. The second kappa shape index (κ2) is 5.77. The highest BCUT2D eigenvalue weighted by Crippen LogP contribution is 2.30. The van der Waals surface area contributed by atoms with E-state index >= 15 is 0 Å². The number of nitrogens with one attached hydrogen (secondary N) is 1. The van der Waals surface area contributed by atoms with E-state index < -0.39 is 0 Å². The molecule has 0 radical (unpaired) electrons. The number of imidazole rings is 1. The fourth-order valence-corrected chi connectivity index (χ4v) is 4.08. The first-order chi connectivity index (χ1) is 11.2. The number of nitrogens with zero attached hydrogens (tertiary/aromatic N) is 3. The first kappa shape index (κ1) is 14.4. The van der Waals surface area contributed by atoms with Gasteiger partial charge >= 0.3 is 0 Å². The molecule has 1 aliphatic heterocycles. The number of thiazole rings is 1. The minimum absolute atomic E-state index is 0.0967. The van der Waals surface area contributed by atoms with Crippen LogP contribution in [0, 0.1) is 6.92 Å². The molecule has 1 saturated heterocycles. The Hall–Kier alpha value is -2.21. The molecule has 1 amide bonds. The third kappa shape index (κ3) is 2.74. The van der Waals surface area contributed by atoms with E-state index in [0.717, 1.165) is 47.5 Å². The Morgan fingerprint density at radius 1 is 1.39 bits per heavy atom. The van der Waals surface area contributed by atoms with Crippen LogP contribution in [-0.2, 0) is 0 Å². The van der Waals surface area contributed by atoms with Gasteiger partial charge in [-0.3, -0.25) is 4.79 Å². The van der Waals surface area contributed by atoms with Crippen LogP contribution in [0.1, 0.15) is 39.0 Å². The number of carbonyl (C=O) groups excluding carboxylic acids is 1. The molecule has 0 unspecified atom stereocenters. The van der Waals surface area contributed by atoms with Crippen molar-refractivity contribution in [3.05, 3.63) is 46.2 Å². The number of benzene rings is 1. The Balaban J connectivity index is 1.55. The normalized spacial score (nSPS) is 18.5. The predicted molar refractivity (Wildman–Crippen MR) is 90.8 cm³/mol. The van der Waals surface area contributed by atoms with Crippen molar-refractivity contribution in [3.63, 3.8) is 0 Å². The average molecular weight is 326 g/mol. The van der Waals surface area contributed by atoms with Gasteiger partial charge < -0.3 is 9.88 Å². The van der Waals surface area contributed by atoms with E-state index in [2.05, 4.69) is 21.9 Å². The molecule has 1 atom stereocenters. The zero-order valence-electron chi connectivity index (χ0n) is 13.0. The number of fused-ring (bicyclic) bond motifs is 1. The van der Waals surface area contributed by atoms with Crippen LogP contribution in [0.5, 0.6) is 0 Å². The van der Waals surface area contributed by atoms with Gasteiger partial charge in [-0.1, -0.05) is 0 Å². The molecule has 0 saturated carbocycles. The molecule has 1 N–H and O–H groups in total. The summed E-state index contributed by atoms with van der Waals surface area (Å²) in [5.74, 6) is 0.460. The third-order valence-corrected chi connectivity index (χ3v) is 5.44. The van der Waals surface area contributed by atoms with Crippen molar-refractivity contribution in [3.8, 4) is 0 Å². The van der Waals surface area contributed by atoms with Crippen LogP contribution < -0.4 is 0 Å². The number of H-pyrrole nitrogens is 1. The molecular formula is C17H18N4OS. The van der Waals surface area contributed by atoms with E-state index in [-0.39, 0.29) is 5.91 Å². The van der Waals surface area contributed by atoms with Crippen molar-refractivity contribution >= 4 is 28.3 Å². The van der Waals surface area contributed by atoms with Gasteiger partial charge in [-0.25, -0.2) is 9.97 Å². The molecule has 23 heavy (non-hydrogen) atoms. The summed E-state index contributed by atoms with van der Waals surface area (Å²) in [5.41, 5.74) is 2.51. The zero-order valence-corrected chi connectivity index (χ0v) is 13.8. The predicted octanol–water partition coefficient (Wildman–Crippen LogP) is 3.35. The average Bonchev–Trinajstić information content (AvgIpc) is 3.22. The zero-order chi connectivity index (χ0) is 15.8. The molecule has 0 bridgehead atoms. The number of amides is 1. The van der Waals surface area contributed by atoms with Crippen LogP contribution >= 0.6 is 11.3 Å². The molecule has 3 aromatic rings. The number of piperidine rings is 1. The number of carbonyl (C=O) groups is 1. The smallest absolute Gasteiger partial charge is 0.253 e. The third-order valence-electron chi connectivity index (χ3n) is 4.36. The summed E-state index contributed by atoms with van der Waals surface area (Å²) in [6.07, 6.45) is 5.71. The number of hydrogen-bond donors (Lipinski definition) is 1. The summed E-state index contributed by atoms with van der Waals surface area (Å²) in [6.45, 7) is 3.65. The summed E-state index contributed by atoms with van der Waals surface area (Å²) in [5, 5.41) is 1.16. The molecule has 5 nitrogen and oxygen atoms in total. The molecule has 0 spiro atoms. The van der Waals surface area contributed by atoms with Gasteiger partial charge in [-0.15, -0.1) is 11.3 Å². The van der Waals surface area contributed by atoms with Gasteiger partial charge in [0.2, 0.25) is 0 Å². The molecule has 1 aromatic carbocycles. The second-order valence-electron chi connectivity index (χ2n) is 6.03. The van der Waals surface area contributed by atoms with Crippen LogP contribution in [0.15, 0.2) is 30.7 Å². The minimum atomic E-state index is 0.0967.